The second-order valence-electron chi connectivity index (χ2n) is 1.01. The van der Waals surface area contributed by atoms with Crippen LogP contribution in [-0.4, -0.2) is 0 Å². The lowest BCUT2D eigenvalue weighted by Crippen LogP contribution is -1.45. The van der Waals surface area contributed by atoms with Gasteiger partial charge in [0, 0.05) is 5.54 Å². The van der Waals surface area contributed by atoms with Crippen LogP contribution in [0.3, 0.4) is 0 Å². The Kier molecular flexibility index (Phi) is 13.2. The first kappa shape index (κ1) is 11.9. The Bertz CT molecular complexity index is 188. The van der Waals surface area contributed by atoms with Crippen molar-refractivity contribution >= 4 is 23.2 Å². The predicted molar refractivity (Wildman–Crippen MR) is 47.7 cm³/mol. The third-order valence-corrected chi connectivity index (χ3v) is 0.551. The van der Waals surface area contributed by atoms with Crippen LogP contribution in [0.2, 0.25) is 0 Å². The molecule has 0 rings (SSSR count). The number of hydrogen-bond donors (Lipinski definition) is 0. The summed E-state index contributed by atoms with van der Waals surface area (Å²) in [6.45, 7) is 3.20. The molecule has 0 unspecified atom stereocenters. The van der Waals surface area contributed by atoms with E-state index in [0.29, 0.717) is 0 Å². The van der Waals surface area contributed by atoms with Gasteiger partial charge in [0.15, 0.2) is 0 Å². The smallest absolute Gasteiger partial charge is 0.0829 e. The van der Waals surface area contributed by atoms with Crippen LogP contribution < -0.4 is 0 Å². The van der Waals surface area contributed by atoms with Gasteiger partial charge in [-0.05, 0) is 6.08 Å². The summed E-state index contributed by atoms with van der Waals surface area (Å²) in [4.78, 5) is 0. The molecular weight excluding hydrogens is 167 g/mol. The van der Waals surface area contributed by atoms with Gasteiger partial charge >= 0.3 is 0 Å². The van der Waals surface area contributed by atoms with Crippen LogP contribution in [-0.2, 0) is 0 Å². The molecule has 0 aromatic rings. The van der Waals surface area contributed by atoms with Gasteiger partial charge in [0.2, 0.25) is 0 Å². The Balaban J connectivity index is 0. The Hall–Kier alpha value is -0.820. The zero-order valence-electron chi connectivity index (χ0n) is 5.27. The molecule has 0 radical (unpaired) electrons. The molecule has 0 atom stereocenters. The fourth-order valence-electron chi connectivity index (χ4n) is 0.0364. The van der Waals surface area contributed by atoms with Gasteiger partial charge in [-0.2, -0.15) is 0 Å². The molecule has 0 nitrogen and oxygen atoms in total. The van der Waals surface area contributed by atoms with Crippen molar-refractivity contribution in [2.45, 2.75) is 0 Å². The lowest BCUT2D eigenvalue weighted by atomic mass is 10.7. The summed E-state index contributed by atoms with van der Waals surface area (Å²) in [6, 6.07) is 0. The highest BCUT2D eigenvalue weighted by Crippen LogP contribution is 1.88. The number of terminal acetylenes is 2. The zero-order valence-corrected chi connectivity index (χ0v) is 6.78. The first-order chi connectivity index (χ1) is 4.68. The molecule has 0 aromatic carbocycles. The first-order valence-corrected chi connectivity index (χ1v) is 3.02. The van der Waals surface area contributed by atoms with Crippen molar-refractivity contribution in [3.63, 3.8) is 0 Å². The zero-order chi connectivity index (χ0) is 8.41. The van der Waals surface area contributed by atoms with E-state index in [-0.39, 0.29) is 5.03 Å². The fraction of sp³-hybridized carbons (Fsp3) is 0. The molecule has 2 heteroatoms. The SMILES string of the molecule is C#CC(=C)Cl.C#CC=CCl. The number of rotatable bonds is 0. The summed E-state index contributed by atoms with van der Waals surface area (Å²) in [5, 5.41) is 0.255. The predicted octanol–water partition coefficient (Wildman–Crippen LogP) is 2.74. The Labute approximate surface area is 71.5 Å². The van der Waals surface area contributed by atoms with Crippen LogP contribution in [0.25, 0.3) is 0 Å². The Morgan fingerprint density at radius 2 is 1.90 bits per heavy atom. The summed E-state index contributed by atoms with van der Waals surface area (Å²) < 4.78 is 0. The van der Waals surface area contributed by atoms with Gasteiger partial charge in [0.1, 0.15) is 0 Å². The molecule has 0 heterocycles. The number of halogens is 2. The molecule has 0 bridgehead atoms. The summed E-state index contributed by atoms with van der Waals surface area (Å²) in [5.41, 5.74) is 1.29. The highest BCUT2D eigenvalue weighted by Gasteiger charge is 1.63. The molecule has 0 spiro atoms. The minimum absolute atomic E-state index is 0.255. The van der Waals surface area contributed by atoms with Crippen LogP contribution >= 0.6 is 23.2 Å². The maximum Gasteiger partial charge on any atom is 0.0829 e. The average Bonchev–Trinajstić information content (AvgIpc) is 1.91. The van der Waals surface area contributed by atoms with E-state index in [2.05, 4.69) is 24.8 Å². The summed E-state index contributed by atoms with van der Waals surface area (Å²) in [5.74, 6) is 4.30. The van der Waals surface area contributed by atoms with Gasteiger partial charge in [-0.3, -0.25) is 0 Å². The van der Waals surface area contributed by atoms with Crippen molar-refractivity contribution in [2.75, 3.05) is 0 Å². The highest BCUT2D eigenvalue weighted by atomic mass is 35.5. The molecule has 10 heavy (non-hydrogen) atoms. The molecule has 0 saturated carbocycles. The lowest BCUT2D eigenvalue weighted by Gasteiger charge is -1.63. The van der Waals surface area contributed by atoms with Crippen LogP contribution in [0.15, 0.2) is 23.2 Å². The van der Waals surface area contributed by atoms with Crippen molar-refractivity contribution < 1.29 is 0 Å². The van der Waals surface area contributed by atoms with Crippen molar-refractivity contribution in [2.24, 2.45) is 0 Å². The summed E-state index contributed by atoms with van der Waals surface area (Å²) >= 11 is 10.0. The molecule has 0 aliphatic carbocycles. The molecule has 0 saturated heterocycles. The minimum Gasteiger partial charge on any atom is -0.115 e. The third kappa shape index (κ3) is 27.1. The van der Waals surface area contributed by atoms with Crippen molar-refractivity contribution in [3.05, 3.63) is 23.2 Å². The van der Waals surface area contributed by atoms with E-state index in [1.165, 1.54) is 11.6 Å². The molecule has 0 aliphatic rings. The van der Waals surface area contributed by atoms with Crippen molar-refractivity contribution in [3.8, 4) is 24.7 Å². The highest BCUT2D eigenvalue weighted by molar-refractivity contribution is 6.31. The van der Waals surface area contributed by atoms with Gasteiger partial charge < -0.3 is 0 Å². The Morgan fingerprint density at radius 3 is 1.90 bits per heavy atom. The fourth-order valence-corrected chi connectivity index (χ4v) is 0.109. The van der Waals surface area contributed by atoms with Gasteiger partial charge in [-0.25, -0.2) is 0 Å². The number of allylic oxidation sites excluding steroid dienone is 2. The topological polar surface area (TPSA) is 0 Å². The first-order valence-electron chi connectivity index (χ1n) is 2.21. The summed E-state index contributed by atoms with van der Waals surface area (Å²) in [6.07, 6.45) is 10.8. The second kappa shape index (κ2) is 11.0. The summed E-state index contributed by atoms with van der Waals surface area (Å²) in [7, 11) is 0. The van der Waals surface area contributed by atoms with E-state index in [4.69, 9.17) is 29.6 Å². The molecule has 0 aromatic heterocycles. The van der Waals surface area contributed by atoms with Gasteiger partial charge in [-0.1, -0.05) is 41.6 Å². The minimum atomic E-state index is 0.255. The van der Waals surface area contributed by atoms with E-state index >= 15 is 0 Å². The van der Waals surface area contributed by atoms with Crippen LogP contribution in [0.5, 0.6) is 0 Å². The average molecular weight is 173 g/mol. The van der Waals surface area contributed by atoms with Gasteiger partial charge in [0.25, 0.3) is 0 Å². The van der Waals surface area contributed by atoms with Gasteiger partial charge in [-0.15, -0.1) is 12.8 Å². The van der Waals surface area contributed by atoms with Gasteiger partial charge in [0.05, 0.1) is 5.03 Å². The molecule has 0 aliphatic heterocycles. The molecule has 0 fully saturated rings. The van der Waals surface area contributed by atoms with E-state index in [1.807, 2.05) is 0 Å². The maximum atomic E-state index is 5.03. The van der Waals surface area contributed by atoms with E-state index in [9.17, 15) is 0 Å². The van der Waals surface area contributed by atoms with E-state index in [0.717, 1.165) is 0 Å². The number of hydrogen-bond acceptors (Lipinski definition) is 0. The Morgan fingerprint density at radius 1 is 1.50 bits per heavy atom. The standard InChI is InChI=1S/2C4H3Cl/c1-3-4(2)5;1-2-3-4-5/h1H,2H2;1,3-4H. The third-order valence-electron chi connectivity index (χ3n) is 0.316. The van der Waals surface area contributed by atoms with Crippen LogP contribution in [0, 0.1) is 24.7 Å². The quantitative estimate of drug-likeness (QED) is 0.494. The van der Waals surface area contributed by atoms with E-state index in [1.54, 1.807) is 0 Å². The lowest BCUT2D eigenvalue weighted by molar-refractivity contribution is 2.19. The van der Waals surface area contributed by atoms with Crippen molar-refractivity contribution in [1.29, 1.82) is 0 Å². The van der Waals surface area contributed by atoms with Crippen molar-refractivity contribution in [1.82, 2.24) is 0 Å². The molecule has 0 amide bonds. The van der Waals surface area contributed by atoms with Crippen LogP contribution in [0.1, 0.15) is 0 Å². The molecule has 0 N–H and O–H groups in total. The second-order valence-corrected chi connectivity index (χ2v) is 1.72. The normalized spacial score (nSPS) is 6.80. The molecule has 52 valence electrons. The molecular formula is C8H6Cl2. The monoisotopic (exact) mass is 172 g/mol. The maximum absolute atomic E-state index is 5.03. The largest absolute Gasteiger partial charge is 0.115 e. The van der Waals surface area contributed by atoms with E-state index < -0.39 is 0 Å². The van der Waals surface area contributed by atoms with Crippen LogP contribution in [0.4, 0.5) is 0 Å².